The third-order valence-corrected chi connectivity index (χ3v) is 4.65. The topological polar surface area (TPSA) is 35.6 Å². The highest BCUT2D eigenvalue weighted by molar-refractivity contribution is 5.74. The predicted molar refractivity (Wildman–Crippen MR) is 84.4 cm³/mol. The summed E-state index contributed by atoms with van der Waals surface area (Å²) in [7, 11) is 0. The lowest BCUT2D eigenvalue weighted by Gasteiger charge is -2.37. The molecular weight excluding hydrogens is 262 g/mol. The van der Waals surface area contributed by atoms with E-state index >= 15 is 0 Å². The minimum Gasteiger partial charge on any atom is -0.338 e. The Morgan fingerprint density at radius 2 is 2.24 bits per heavy atom. The zero-order chi connectivity index (χ0) is 14.7. The molecule has 0 aliphatic carbocycles. The predicted octanol–water partition coefficient (Wildman–Crippen LogP) is 2.03. The molecule has 1 atom stereocenters. The summed E-state index contributed by atoms with van der Waals surface area (Å²) in [4.78, 5) is 16.8. The molecule has 114 valence electrons. The van der Waals surface area contributed by atoms with Gasteiger partial charge in [-0.2, -0.15) is 0 Å². The van der Waals surface area contributed by atoms with Crippen LogP contribution < -0.4 is 5.32 Å². The molecule has 2 aliphatic rings. The first-order valence-corrected chi connectivity index (χ1v) is 8.05. The van der Waals surface area contributed by atoms with Crippen LogP contribution in [-0.4, -0.2) is 54.6 Å². The molecule has 1 N–H and O–H groups in total. The smallest absolute Gasteiger partial charge is 0.317 e. The number of hydrogen-bond acceptors (Lipinski definition) is 2. The number of urea groups is 1. The number of nitrogens with zero attached hydrogens (tertiary/aromatic N) is 2. The Hall–Kier alpha value is -1.55. The summed E-state index contributed by atoms with van der Waals surface area (Å²) >= 11 is 0. The van der Waals surface area contributed by atoms with E-state index in [0.717, 1.165) is 26.1 Å². The third kappa shape index (κ3) is 3.56. The largest absolute Gasteiger partial charge is 0.338 e. The lowest BCUT2D eigenvalue weighted by atomic mass is 10.1. The van der Waals surface area contributed by atoms with Gasteiger partial charge in [0.1, 0.15) is 0 Å². The molecule has 21 heavy (non-hydrogen) atoms. The summed E-state index contributed by atoms with van der Waals surface area (Å²) in [5, 5.41) is 3.07. The molecule has 0 spiro atoms. The first kappa shape index (κ1) is 14.4. The van der Waals surface area contributed by atoms with Crippen molar-refractivity contribution in [2.24, 2.45) is 0 Å². The minimum atomic E-state index is 0.106. The summed E-state index contributed by atoms with van der Waals surface area (Å²) < 4.78 is 0. The number of aryl methyl sites for hydroxylation is 1. The van der Waals surface area contributed by atoms with Gasteiger partial charge in [0.15, 0.2) is 0 Å². The van der Waals surface area contributed by atoms with E-state index in [-0.39, 0.29) is 6.03 Å². The summed E-state index contributed by atoms with van der Waals surface area (Å²) in [5.41, 5.74) is 2.56. The van der Waals surface area contributed by atoms with Gasteiger partial charge in [0.25, 0.3) is 0 Å². The average Bonchev–Trinajstić information content (AvgIpc) is 2.94. The molecule has 1 aromatic carbocycles. The lowest BCUT2D eigenvalue weighted by molar-refractivity contribution is 0.117. The molecule has 1 aromatic rings. The zero-order valence-electron chi connectivity index (χ0n) is 12.8. The number of amides is 2. The Labute approximate surface area is 127 Å². The summed E-state index contributed by atoms with van der Waals surface area (Å²) in [5.74, 6) is 0. The van der Waals surface area contributed by atoms with Crippen LogP contribution in [0.15, 0.2) is 24.3 Å². The number of hydrogen-bond donors (Lipinski definition) is 1. The molecule has 4 heteroatoms. The summed E-state index contributed by atoms with van der Waals surface area (Å²) in [6.45, 7) is 6.84. The first-order valence-electron chi connectivity index (χ1n) is 8.05. The van der Waals surface area contributed by atoms with Crippen LogP contribution in [-0.2, 0) is 6.42 Å². The van der Waals surface area contributed by atoms with Crippen molar-refractivity contribution in [2.45, 2.75) is 32.2 Å². The van der Waals surface area contributed by atoms with Crippen molar-refractivity contribution < 1.29 is 4.79 Å². The van der Waals surface area contributed by atoms with Crippen LogP contribution in [0.2, 0.25) is 0 Å². The van der Waals surface area contributed by atoms with Gasteiger partial charge < -0.3 is 10.2 Å². The van der Waals surface area contributed by atoms with Gasteiger partial charge in [-0.05, 0) is 38.3 Å². The number of rotatable bonds is 3. The fraction of sp³-hybridized carbons (Fsp3) is 0.588. The van der Waals surface area contributed by atoms with Gasteiger partial charge in [0.05, 0.1) is 0 Å². The number of carbonyl (C=O) groups is 1. The molecule has 0 bridgehead atoms. The van der Waals surface area contributed by atoms with Crippen LogP contribution in [0, 0.1) is 6.92 Å². The van der Waals surface area contributed by atoms with Crippen LogP contribution in [0.4, 0.5) is 4.79 Å². The van der Waals surface area contributed by atoms with Crippen LogP contribution in [0.25, 0.3) is 0 Å². The molecule has 0 saturated carbocycles. The summed E-state index contributed by atoms with van der Waals surface area (Å²) in [6.07, 6.45) is 3.43. The normalized spacial score (nSPS) is 22.1. The standard InChI is InChI=1S/C17H25N3O/c1-14-4-2-5-15(12-14)7-8-18-17(21)20-11-10-19-9-3-6-16(19)13-20/h2,4-5,12,16H,3,6-11,13H2,1H3,(H,18,21). The maximum atomic E-state index is 12.2. The van der Waals surface area contributed by atoms with Gasteiger partial charge in [-0.25, -0.2) is 4.79 Å². The van der Waals surface area contributed by atoms with E-state index in [1.54, 1.807) is 0 Å². The molecule has 2 fully saturated rings. The van der Waals surface area contributed by atoms with Crippen molar-refractivity contribution in [2.75, 3.05) is 32.7 Å². The number of piperazine rings is 1. The van der Waals surface area contributed by atoms with Crippen molar-refractivity contribution >= 4 is 6.03 Å². The molecule has 4 nitrogen and oxygen atoms in total. The van der Waals surface area contributed by atoms with Crippen molar-refractivity contribution in [3.8, 4) is 0 Å². The van der Waals surface area contributed by atoms with E-state index in [1.165, 1.54) is 30.5 Å². The molecule has 0 radical (unpaired) electrons. The third-order valence-electron chi connectivity index (χ3n) is 4.65. The fourth-order valence-corrected chi connectivity index (χ4v) is 3.47. The monoisotopic (exact) mass is 287 g/mol. The Morgan fingerprint density at radius 3 is 3.10 bits per heavy atom. The number of nitrogens with one attached hydrogen (secondary N) is 1. The van der Waals surface area contributed by atoms with Gasteiger partial charge >= 0.3 is 6.03 Å². The van der Waals surface area contributed by atoms with Gasteiger partial charge in [-0.3, -0.25) is 4.90 Å². The lowest BCUT2D eigenvalue weighted by Crippen LogP contribution is -2.54. The average molecular weight is 287 g/mol. The second-order valence-corrected chi connectivity index (χ2v) is 6.25. The molecule has 1 unspecified atom stereocenters. The van der Waals surface area contributed by atoms with Crippen molar-refractivity contribution in [3.63, 3.8) is 0 Å². The quantitative estimate of drug-likeness (QED) is 0.923. The Kier molecular flexibility index (Phi) is 4.44. The zero-order valence-corrected chi connectivity index (χ0v) is 12.8. The van der Waals surface area contributed by atoms with Gasteiger partial charge in [0, 0.05) is 32.2 Å². The van der Waals surface area contributed by atoms with E-state index in [9.17, 15) is 4.79 Å². The van der Waals surface area contributed by atoms with Crippen LogP contribution in [0.1, 0.15) is 24.0 Å². The number of fused-ring (bicyclic) bond motifs is 1. The van der Waals surface area contributed by atoms with E-state index < -0.39 is 0 Å². The van der Waals surface area contributed by atoms with E-state index in [1.807, 2.05) is 4.90 Å². The molecule has 3 rings (SSSR count). The summed E-state index contributed by atoms with van der Waals surface area (Å²) in [6, 6.07) is 9.19. The molecule has 2 saturated heterocycles. The van der Waals surface area contributed by atoms with Gasteiger partial charge in [-0.1, -0.05) is 29.8 Å². The molecule has 2 amide bonds. The minimum absolute atomic E-state index is 0.106. The van der Waals surface area contributed by atoms with E-state index in [2.05, 4.69) is 41.4 Å². The van der Waals surface area contributed by atoms with Gasteiger partial charge in [-0.15, -0.1) is 0 Å². The fourth-order valence-electron chi connectivity index (χ4n) is 3.47. The van der Waals surface area contributed by atoms with E-state index in [0.29, 0.717) is 12.6 Å². The second kappa shape index (κ2) is 6.48. The molecule has 2 aliphatic heterocycles. The van der Waals surface area contributed by atoms with Crippen molar-refractivity contribution in [1.29, 1.82) is 0 Å². The first-order chi connectivity index (χ1) is 10.2. The molecule has 0 aromatic heterocycles. The Morgan fingerprint density at radius 1 is 1.33 bits per heavy atom. The highest BCUT2D eigenvalue weighted by Gasteiger charge is 2.32. The van der Waals surface area contributed by atoms with Gasteiger partial charge in [0.2, 0.25) is 0 Å². The second-order valence-electron chi connectivity index (χ2n) is 6.25. The highest BCUT2D eigenvalue weighted by atomic mass is 16.2. The van der Waals surface area contributed by atoms with Crippen LogP contribution in [0.5, 0.6) is 0 Å². The highest BCUT2D eigenvalue weighted by Crippen LogP contribution is 2.21. The molecular formula is C17H25N3O. The Bertz CT molecular complexity index is 503. The number of carbonyl (C=O) groups excluding carboxylic acids is 1. The maximum Gasteiger partial charge on any atom is 0.317 e. The maximum absolute atomic E-state index is 12.2. The van der Waals surface area contributed by atoms with Crippen molar-refractivity contribution in [3.05, 3.63) is 35.4 Å². The molecule has 2 heterocycles. The Balaban J connectivity index is 1.44. The van der Waals surface area contributed by atoms with Crippen molar-refractivity contribution in [1.82, 2.24) is 15.1 Å². The van der Waals surface area contributed by atoms with Crippen LogP contribution >= 0.6 is 0 Å². The van der Waals surface area contributed by atoms with Crippen LogP contribution in [0.3, 0.4) is 0 Å². The number of benzene rings is 1. The van der Waals surface area contributed by atoms with E-state index in [4.69, 9.17) is 0 Å². The SMILES string of the molecule is Cc1cccc(CCNC(=O)N2CCN3CCCC3C2)c1.